The number of rotatable bonds is 5. The van der Waals surface area contributed by atoms with Crippen molar-refractivity contribution in [3.05, 3.63) is 29.6 Å². The lowest BCUT2D eigenvalue weighted by Crippen LogP contribution is -2.54. The molecule has 1 saturated heterocycles. The summed E-state index contributed by atoms with van der Waals surface area (Å²) in [5.74, 6) is 0.0314. The highest BCUT2D eigenvalue weighted by Gasteiger charge is 2.24. The minimum atomic E-state index is -0.280. The molecule has 2 unspecified atom stereocenters. The van der Waals surface area contributed by atoms with Gasteiger partial charge in [0.2, 0.25) is 0 Å². The molecule has 112 valence electrons. The van der Waals surface area contributed by atoms with Gasteiger partial charge in [-0.15, -0.1) is 0 Å². The molecular weight excluding hydrogens is 255 g/mol. The maximum atomic E-state index is 13.7. The zero-order valence-electron chi connectivity index (χ0n) is 12.7. The molecule has 1 aliphatic heterocycles. The molecule has 0 spiro atoms. The molecule has 0 aliphatic carbocycles. The van der Waals surface area contributed by atoms with Crippen LogP contribution in [0, 0.1) is 5.82 Å². The van der Waals surface area contributed by atoms with Crippen molar-refractivity contribution < 1.29 is 9.13 Å². The number of methoxy groups -OCH3 is 1. The van der Waals surface area contributed by atoms with Gasteiger partial charge in [-0.1, -0.05) is 19.4 Å². The van der Waals surface area contributed by atoms with Gasteiger partial charge in [0.25, 0.3) is 0 Å². The van der Waals surface area contributed by atoms with E-state index < -0.39 is 0 Å². The number of ether oxygens (including phenoxy) is 1. The fourth-order valence-corrected chi connectivity index (χ4v) is 2.80. The van der Waals surface area contributed by atoms with Gasteiger partial charge in [-0.25, -0.2) is 4.39 Å². The fourth-order valence-electron chi connectivity index (χ4n) is 2.80. The number of hydrogen-bond donors (Lipinski definition) is 1. The Bertz CT molecular complexity index is 438. The molecule has 1 aromatic rings. The second kappa shape index (κ2) is 7.04. The predicted octanol–water partition coefficient (Wildman–Crippen LogP) is 2.80. The second-order valence-corrected chi connectivity index (χ2v) is 5.64. The van der Waals surface area contributed by atoms with Gasteiger partial charge in [-0.2, -0.15) is 0 Å². The molecular formula is C16H25FN2O. The van der Waals surface area contributed by atoms with E-state index in [9.17, 15) is 4.39 Å². The Hall–Kier alpha value is -1.13. The summed E-state index contributed by atoms with van der Waals surface area (Å²) < 4.78 is 18.7. The van der Waals surface area contributed by atoms with Gasteiger partial charge in [0, 0.05) is 31.7 Å². The Morgan fingerprint density at radius 3 is 2.90 bits per heavy atom. The van der Waals surface area contributed by atoms with Crippen molar-refractivity contribution in [3.63, 3.8) is 0 Å². The Kier molecular flexibility index (Phi) is 5.38. The molecule has 1 aliphatic rings. The average molecular weight is 280 g/mol. The molecule has 20 heavy (non-hydrogen) atoms. The number of piperazine rings is 1. The second-order valence-electron chi connectivity index (χ2n) is 5.64. The molecule has 3 nitrogen and oxygen atoms in total. The molecule has 1 aromatic carbocycles. The third-order valence-corrected chi connectivity index (χ3v) is 4.02. The van der Waals surface area contributed by atoms with E-state index >= 15 is 0 Å². The number of benzene rings is 1. The molecule has 0 radical (unpaired) electrons. The minimum Gasteiger partial charge on any atom is -0.494 e. The fraction of sp³-hybridized carbons (Fsp3) is 0.625. The maximum Gasteiger partial charge on any atom is 0.165 e. The molecule has 1 fully saturated rings. The molecule has 2 rings (SSSR count). The smallest absolute Gasteiger partial charge is 0.165 e. The third kappa shape index (κ3) is 3.70. The molecule has 2 atom stereocenters. The summed E-state index contributed by atoms with van der Waals surface area (Å²) in [4.78, 5) is 2.43. The summed E-state index contributed by atoms with van der Waals surface area (Å²) in [7, 11) is 1.49. The lowest BCUT2D eigenvalue weighted by molar-refractivity contribution is 0.129. The van der Waals surface area contributed by atoms with Crippen LogP contribution in [-0.2, 0) is 6.54 Å². The number of nitrogens with one attached hydrogen (secondary N) is 1. The summed E-state index contributed by atoms with van der Waals surface area (Å²) in [6.45, 7) is 7.26. The van der Waals surface area contributed by atoms with E-state index in [-0.39, 0.29) is 5.82 Å². The summed E-state index contributed by atoms with van der Waals surface area (Å²) in [6, 6.07) is 6.28. The highest BCUT2D eigenvalue weighted by atomic mass is 19.1. The highest BCUT2D eigenvalue weighted by molar-refractivity contribution is 5.29. The van der Waals surface area contributed by atoms with Crippen molar-refractivity contribution in [2.75, 3.05) is 20.2 Å². The Morgan fingerprint density at radius 1 is 1.45 bits per heavy atom. The Morgan fingerprint density at radius 2 is 2.25 bits per heavy atom. The van der Waals surface area contributed by atoms with E-state index in [1.165, 1.54) is 20.0 Å². The Labute approximate surface area is 121 Å². The number of hydrogen-bond acceptors (Lipinski definition) is 3. The van der Waals surface area contributed by atoms with E-state index in [2.05, 4.69) is 24.1 Å². The molecule has 0 bridgehead atoms. The molecule has 0 saturated carbocycles. The highest BCUT2D eigenvalue weighted by Crippen LogP contribution is 2.20. The minimum absolute atomic E-state index is 0.280. The zero-order valence-corrected chi connectivity index (χ0v) is 12.7. The van der Waals surface area contributed by atoms with Gasteiger partial charge < -0.3 is 10.1 Å². The molecule has 4 heteroatoms. The first-order chi connectivity index (χ1) is 9.63. The predicted molar refractivity (Wildman–Crippen MR) is 79.5 cm³/mol. The lowest BCUT2D eigenvalue weighted by Gasteiger charge is -2.39. The van der Waals surface area contributed by atoms with E-state index in [4.69, 9.17) is 4.74 Å². The van der Waals surface area contributed by atoms with Crippen LogP contribution < -0.4 is 10.1 Å². The van der Waals surface area contributed by atoms with Gasteiger partial charge in [-0.05, 0) is 31.0 Å². The monoisotopic (exact) mass is 280 g/mol. The number of halogens is 1. The van der Waals surface area contributed by atoms with Crippen molar-refractivity contribution >= 4 is 0 Å². The molecule has 0 amide bonds. The van der Waals surface area contributed by atoms with E-state index in [0.29, 0.717) is 17.8 Å². The van der Waals surface area contributed by atoms with Crippen LogP contribution in [-0.4, -0.2) is 37.2 Å². The summed E-state index contributed by atoms with van der Waals surface area (Å²) in [6.07, 6.45) is 2.39. The van der Waals surface area contributed by atoms with Crippen molar-refractivity contribution in [1.82, 2.24) is 10.2 Å². The van der Waals surface area contributed by atoms with Crippen molar-refractivity contribution in [2.45, 2.75) is 45.3 Å². The van der Waals surface area contributed by atoms with Crippen molar-refractivity contribution in [1.29, 1.82) is 0 Å². The van der Waals surface area contributed by atoms with Gasteiger partial charge in [0.1, 0.15) is 0 Å². The summed E-state index contributed by atoms with van der Waals surface area (Å²) in [5.41, 5.74) is 1.01. The normalized spacial score (nSPS) is 23.8. The van der Waals surface area contributed by atoms with E-state index in [1.54, 1.807) is 12.1 Å². The van der Waals surface area contributed by atoms with Crippen molar-refractivity contribution in [3.8, 4) is 5.75 Å². The van der Waals surface area contributed by atoms with Gasteiger partial charge >= 0.3 is 0 Å². The van der Waals surface area contributed by atoms with Crippen LogP contribution in [0.1, 0.15) is 32.3 Å². The first-order valence-electron chi connectivity index (χ1n) is 7.44. The Balaban J connectivity index is 2.02. The zero-order chi connectivity index (χ0) is 14.5. The summed E-state index contributed by atoms with van der Waals surface area (Å²) in [5, 5.41) is 3.58. The first kappa shape index (κ1) is 15.3. The molecule has 0 aromatic heterocycles. The topological polar surface area (TPSA) is 24.5 Å². The average Bonchev–Trinajstić information content (AvgIpc) is 2.43. The summed E-state index contributed by atoms with van der Waals surface area (Å²) >= 11 is 0. The van der Waals surface area contributed by atoms with Crippen LogP contribution in [0.3, 0.4) is 0 Å². The SMILES string of the molecule is CCCC1CN(Cc2ccc(OC)c(F)c2)C(C)CN1. The van der Waals surface area contributed by atoms with E-state index in [1.807, 2.05) is 6.07 Å². The largest absolute Gasteiger partial charge is 0.494 e. The lowest BCUT2D eigenvalue weighted by atomic mass is 10.0. The van der Waals surface area contributed by atoms with Crippen LogP contribution >= 0.6 is 0 Å². The van der Waals surface area contributed by atoms with Crippen LogP contribution in [0.15, 0.2) is 18.2 Å². The van der Waals surface area contributed by atoms with E-state index in [0.717, 1.165) is 25.2 Å². The van der Waals surface area contributed by atoms with Gasteiger partial charge in [0.05, 0.1) is 7.11 Å². The van der Waals surface area contributed by atoms with Crippen molar-refractivity contribution in [2.24, 2.45) is 0 Å². The van der Waals surface area contributed by atoms with Crippen LogP contribution in [0.4, 0.5) is 4.39 Å². The number of nitrogens with zero attached hydrogens (tertiary/aromatic N) is 1. The third-order valence-electron chi connectivity index (χ3n) is 4.02. The van der Waals surface area contributed by atoms with Gasteiger partial charge in [0.15, 0.2) is 11.6 Å². The standard InChI is InChI=1S/C16H25FN2O/c1-4-5-14-11-19(12(2)9-18-14)10-13-6-7-16(20-3)15(17)8-13/h6-8,12,14,18H,4-5,9-11H2,1-3H3. The van der Waals surface area contributed by atoms with Crippen LogP contribution in [0.2, 0.25) is 0 Å². The molecule has 1 heterocycles. The van der Waals surface area contributed by atoms with Crippen LogP contribution in [0.25, 0.3) is 0 Å². The van der Waals surface area contributed by atoms with Gasteiger partial charge in [-0.3, -0.25) is 4.90 Å². The maximum absolute atomic E-state index is 13.7. The molecule has 1 N–H and O–H groups in total. The van der Waals surface area contributed by atoms with Crippen LogP contribution in [0.5, 0.6) is 5.75 Å². The quantitative estimate of drug-likeness (QED) is 0.897. The first-order valence-corrected chi connectivity index (χ1v) is 7.44.